The van der Waals surface area contributed by atoms with E-state index in [0.717, 1.165) is 36.6 Å². The first-order valence-corrected chi connectivity index (χ1v) is 8.23. The SMILES string of the molecule is COC1CSC2(C1)CN(C(=O)COc1ccccc1C)C2. The first-order valence-electron chi connectivity index (χ1n) is 7.25. The maximum atomic E-state index is 12.2. The molecule has 2 heterocycles. The molecule has 21 heavy (non-hydrogen) atoms. The van der Waals surface area contributed by atoms with Crippen LogP contribution in [-0.2, 0) is 9.53 Å². The number of aryl methyl sites for hydroxylation is 1. The zero-order valence-corrected chi connectivity index (χ0v) is 13.3. The molecule has 0 aliphatic carbocycles. The Labute approximate surface area is 129 Å². The van der Waals surface area contributed by atoms with Gasteiger partial charge in [-0.15, -0.1) is 11.8 Å². The second kappa shape index (κ2) is 5.89. The zero-order valence-electron chi connectivity index (χ0n) is 12.5. The number of likely N-dealkylation sites (tertiary alicyclic amines) is 1. The van der Waals surface area contributed by atoms with E-state index in [1.165, 1.54) is 0 Å². The predicted molar refractivity (Wildman–Crippen MR) is 83.9 cm³/mol. The summed E-state index contributed by atoms with van der Waals surface area (Å²) in [5.74, 6) is 1.90. The van der Waals surface area contributed by atoms with Crippen LogP contribution in [0.15, 0.2) is 24.3 Å². The van der Waals surface area contributed by atoms with Crippen LogP contribution in [0.2, 0.25) is 0 Å². The van der Waals surface area contributed by atoms with Gasteiger partial charge in [-0.2, -0.15) is 0 Å². The van der Waals surface area contributed by atoms with Gasteiger partial charge in [0.2, 0.25) is 0 Å². The lowest BCUT2D eigenvalue weighted by Crippen LogP contribution is -2.61. The molecule has 2 aliphatic heterocycles. The number of thioether (sulfide) groups is 1. The van der Waals surface area contributed by atoms with Gasteiger partial charge < -0.3 is 14.4 Å². The van der Waals surface area contributed by atoms with Gasteiger partial charge in [-0.3, -0.25) is 4.79 Å². The number of nitrogens with zero attached hydrogens (tertiary/aromatic N) is 1. The summed E-state index contributed by atoms with van der Waals surface area (Å²) in [7, 11) is 1.77. The highest BCUT2D eigenvalue weighted by Gasteiger charge is 2.50. The van der Waals surface area contributed by atoms with Crippen molar-refractivity contribution in [2.24, 2.45) is 0 Å². The van der Waals surface area contributed by atoms with Crippen LogP contribution in [0.25, 0.3) is 0 Å². The molecule has 3 rings (SSSR count). The van der Waals surface area contributed by atoms with Gasteiger partial charge in [0, 0.05) is 26.0 Å². The summed E-state index contributed by atoms with van der Waals surface area (Å²) in [5, 5.41) is 0. The molecule has 1 atom stereocenters. The molecule has 114 valence electrons. The number of para-hydroxylation sites is 1. The molecule has 1 amide bonds. The monoisotopic (exact) mass is 307 g/mol. The third-order valence-electron chi connectivity index (χ3n) is 4.26. The number of benzene rings is 1. The molecule has 1 aromatic carbocycles. The number of hydrogen-bond donors (Lipinski definition) is 0. The Balaban J connectivity index is 1.47. The van der Waals surface area contributed by atoms with Crippen molar-refractivity contribution in [3.8, 4) is 5.75 Å². The van der Waals surface area contributed by atoms with Crippen molar-refractivity contribution in [3.63, 3.8) is 0 Å². The van der Waals surface area contributed by atoms with Crippen molar-refractivity contribution < 1.29 is 14.3 Å². The van der Waals surface area contributed by atoms with Crippen LogP contribution in [0, 0.1) is 6.92 Å². The number of hydrogen-bond acceptors (Lipinski definition) is 4. The van der Waals surface area contributed by atoms with Gasteiger partial charge in [0.05, 0.1) is 10.9 Å². The Morgan fingerprint density at radius 3 is 2.86 bits per heavy atom. The summed E-state index contributed by atoms with van der Waals surface area (Å²) < 4.78 is 11.3. The Kier molecular flexibility index (Phi) is 4.13. The van der Waals surface area contributed by atoms with Crippen molar-refractivity contribution in [2.75, 3.05) is 32.6 Å². The molecule has 0 radical (unpaired) electrons. The topological polar surface area (TPSA) is 38.8 Å². The van der Waals surface area contributed by atoms with E-state index in [4.69, 9.17) is 9.47 Å². The first-order chi connectivity index (χ1) is 10.1. The molecule has 0 N–H and O–H groups in total. The van der Waals surface area contributed by atoms with E-state index in [1.54, 1.807) is 7.11 Å². The second-order valence-electron chi connectivity index (χ2n) is 5.86. The minimum Gasteiger partial charge on any atom is -0.484 e. The van der Waals surface area contributed by atoms with E-state index in [0.29, 0.717) is 6.10 Å². The maximum absolute atomic E-state index is 12.2. The molecule has 1 spiro atoms. The molecule has 2 fully saturated rings. The fourth-order valence-electron chi connectivity index (χ4n) is 2.95. The van der Waals surface area contributed by atoms with Crippen LogP contribution >= 0.6 is 11.8 Å². The van der Waals surface area contributed by atoms with Crippen molar-refractivity contribution in [2.45, 2.75) is 24.2 Å². The van der Waals surface area contributed by atoms with Gasteiger partial charge >= 0.3 is 0 Å². The maximum Gasteiger partial charge on any atom is 0.260 e. The van der Waals surface area contributed by atoms with Crippen LogP contribution in [0.4, 0.5) is 0 Å². The summed E-state index contributed by atoms with van der Waals surface area (Å²) in [4.78, 5) is 14.1. The molecule has 1 aromatic rings. The van der Waals surface area contributed by atoms with Gasteiger partial charge in [-0.1, -0.05) is 18.2 Å². The second-order valence-corrected chi connectivity index (χ2v) is 7.35. The largest absolute Gasteiger partial charge is 0.484 e. The standard InChI is InChI=1S/C16H21NO3S/c1-12-5-3-4-6-14(12)20-8-15(18)17-10-16(11-17)7-13(19-2)9-21-16/h3-6,13H,7-11H2,1-2H3. The third kappa shape index (κ3) is 3.04. The van der Waals surface area contributed by atoms with E-state index in [2.05, 4.69) is 0 Å². The van der Waals surface area contributed by atoms with E-state index in [9.17, 15) is 4.79 Å². The lowest BCUT2D eigenvalue weighted by molar-refractivity contribution is -0.138. The van der Waals surface area contributed by atoms with Gasteiger partial charge in [-0.25, -0.2) is 0 Å². The predicted octanol–water partition coefficient (Wildman–Crippen LogP) is 2.11. The Hall–Kier alpha value is -1.20. The highest BCUT2D eigenvalue weighted by atomic mass is 32.2. The highest BCUT2D eigenvalue weighted by Crippen LogP contribution is 2.45. The highest BCUT2D eigenvalue weighted by molar-refractivity contribution is 8.01. The molecule has 2 saturated heterocycles. The normalized spacial score (nSPS) is 23.1. The minimum atomic E-state index is 0.0744. The molecule has 0 aromatic heterocycles. The molecule has 2 aliphatic rings. The number of methoxy groups -OCH3 is 1. The molecular weight excluding hydrogens is 286 g/mol. The number of carbonyl (C=O) groups excluding carboxylic acids is 1. The van der Waals surface area contributed by atoms with Crippen LogP contribution in [0.3, 0.4) is 0 Å². The fraction of sp³-hybridized carbons (Fsp3) is 0.562. The van der Waals surface area contributed by atoms with Crippen molar-refractivity contribution >= 4 is 17.7 Å². The molecule has 0 bridgehead atoms. The van der Waals surface area contributed by atoms with E-state index >= 15 is 0 Å². The first kappa shape index (κ1) is 14.7. The number of ether oxygens (including phenoxy) is 2. The Morgan fingerprint density at radius 1 is 1.43 bits per heavy atom. The summed E-state index contributed by atoms with van der Waals surface area (Å²) in [6.45, 7) is 3.76. The summed E-state index contributed by atoms with van der Waals surface area (Å²) in [6.07, 6.45) is 1.40. The van der Waals surface area contributed by atoms with Gasteiger partial charge in [0.15, 0.2) is 6.61 Å². The van der Waals surface area contributed by atoms with Crippen LogP contribution in [-0.4, -0.2) is 54.2 Å². The lowest BCUT2D eigenvalue weighted by atomic mass is 9.93. The van der Waals surface area contributed by atoms with Crippen LogP contribution in [0.1, 0.15) is 12.0 Å². The summed E-state index contributed by atoms with van der Waals surface area (Å²) >= 11 is 1.94. The minimum absolute atomic E-state index is 0.0744. The average molecular weight is 307 g/mol. The molecule has 5 heteroatoms. The van der Waals surface area contributed by atoms with Gasteiger partial charge in [0.1, 0.15) is 5.75 Å². The van der Waals surface area contributed by atoms with E-state index < -0.39 is 0 Å². The van der Waals surface area contributed by atoms with Gasteiger partial charge in [0.25, 0.3) is 5.91 Å². The number of carbonyl (C=O) groups is 1. The van der Waals surface area contributed by atoms with Crippen LogP contribution in [0.5, 0.6) is 5.75 Å². The average Bonchev–Trinajstić information content (AvgIpc) is 2.89. The lowest BCUT2D eigenvalue weighted by Gasteiger charge is -2.47. The number of amides is 1. The van der Waals surface area contributed by atoms with E-state index in [-0.39, 0.29) is 17.3 Å². The van der Waals surface area contributed by atoms with E-state index in [1.807, 2.05) is 47.9 Å². The quantitative estimate of drug-likeness (QED) is 0.854. The van der Waals surface area contributed by atoms with Crippen molar-refractivity contribution in [3.05, 3.63) is 29.8 Å². The summed E-state index contributed by atoms with van der Waals surface area (Å²) in [6, 6.07) is 7.77. The Morgan fingerprint density at radius 2 is 2.19 bits per heavy atom. The number of rotatable bonds is 4. The summed E-state index contributed by atoms with van der Waals surface area (Å²) in [5.41, 5.74) is 1.06. The molecule has 4 nitrogen and oxygen atoms in total. The molecule has 1 unspecified atom stereocenters. The van der Waals surface area contributed by atoms with Crippen LogP contribution < -0.4 is 4.74 Å². The van der Waals surface area contributed by atoms with Crippen molar-refractivity contribution in [1.29, 1.82) is 0 Å². The van der Waals surface area contributed by atoms with Gasteiger partial charge in [-0.05, 0) is 25.0 Å². The smallest absolute Gasteiger partial charge is 0.260 e. The fourth-order valence-corrected chi connectivity index (χ4v) is 4.54. The molecule has 0 saturated carbocycles. The Bertz CT molecular complexity index is 528. The van der Waals surface area contributed by atoms with Crippen molar-refractivity contribution in [1.82, 2.24) is 4.90 Å². The zero-order chi connectivity index (χ0) is 14.9. The third-order valence-corrected chi connectivity index (χ3v) is 5.84. The molecular formula is C16H21NO3S.